The second-order valence-electron chi connectivity index (χ2n) is 4.43. The normalized spacial score (nSPS) is 13.8. The van der Waals surface area contributed by atoms with Gasteiger partial charge < -0.3 is 14.8 Å². The first kappa shape index (κ1) is 16.6. The molecule has 0 aliphatic heterocycles. The summed E-state index contributed by atoms with van der Waals surface area (Å²) in [5.41, 5.74) is 1.22. The Morgan fingerprint density at radius 2 is 1.89 bits per heavy atom. The lowest BCUT2D eigenvalue weighted by molar-refractivity contribution is 0.286. The van der Waals surface area contributed by atoms with Gasteiger partial charge in [-0.25, -0.2) is 0 Å². The van der Waals surface area contributed by atoms with Crippen molar-refractivity contribution in [1.82, 2.24) is 5.32 Å². The molecule has 1 aliphatic carbocycles. The molecule has 0 atom stereocenters. The van der Waals surface area contributed by atoms with E-state index in [9.17, 15) is 0 Å². The minimum atomic E-state index is 0. The van der Waals surface area contributed by atoms with Gasteiger partial charge in [0.05, 0.1) is 17.7 Å². The Labute approximate surface area is 129 Å². The van der Waals surface area contributed by atoms with Crippen molar-refractivity contribution >= 4 is 28.3 Å². The van der Waals surface area contributed by atoms with Crippen LogP contribution in [-0.4, -0.2) is 19.3 Å². The average molecular weight is 351 g/mol. The van der Waals surface area contributed by atoms with E-state index < -0.39 is 0 Å². The van der Waals surface area contributed by atoms with Crippen LogP contribution >= 0.6 is 28.3 Å². The van der Waals surface area contributed by atoms with Crippen LogP contribution in [0.1, 0.15) is 32.3 Å². The van der Waals surface area contributed by atoms with Crippen LogP contribution in [0.4, 0.5) is 0 Å². The number of nitrogens with one attached hydrogen (secondary N) is 1. The van der Waals surface area contributed by atoms with Crippen molar-refractivity contribution in [2.24, 2.45) is 0 Å². The molecule has 1 aliphatic rings. The Morgan fingerprint density at radius 1 is 1.21 bits per heavy atom. The van der Waals surface area contributed by atoms with Crippen LogP contribution in [0.5, 0.6) is 11.5 Å². The molecule has 0 bridgehead atoms. The second kappa shape index (κ2) is 7.98. The van der Waals surface area contributed by atoms with Crippen molar-refractivity contribution in [3.8, 4) is 11.5 Å². The Bertz CT molecular complexity index is 411. The lowest BCUT2D eigenvalue weighted by atomic mass is 10.2. The van der Waals surface area contributed by atoms with Gasteiger partial charge in [0, 0.05) is 12.6 Å². The topological polar surface area (TPSA) is 30.5 Å². The molecular weight excluding hydrogens is 330 g/mol. The smallest absolute Gasteiger partial charge is 0.175 e. The Balaban J connectivity index is 0.00000180. The highest BCUT2D eigenvalue weighted by Crippen LogP contribution is 2.37. The van der Waals surface area contributed by atoms with Crippen molar-refractivity contribution in [2.75, 3.05) is 13.2 Å². The van der Waals surface area contributed by atoms with Crippen molar-refractivity contribution in [2.45, 2.75) is 39.3 Å². The number of ether oxygens (including phenoxy) is 2. The maximum atomic E-state index is 5.65. The average Bonchev–Trinajstić information content (AvgIpc) is 3.15. The largest absolute Gasteiger partial charge is 0.490 e. The minimum absolute atomic E-state index is 0. The van der Waals surface area contributed by atoms with Crippen LogP contribution in [0.15, 0.2) is 16.6 Å². The molecule has 19 heavy (non-hydrogen) atoms. The predicted octanol–water partition coefficient (Wildman–Crippen LogP) is 3.92. The highest BCUT2D eigenvalue weighted by molar-refractivity contribution is 9.10. The van der Waals surface area contributed by atoms with Gasteiger partial charge >= 0.3 is 0 Å². The highest BCUT2D eigenvalue weighted by Gasteiger charge is 2.20. The molecule has 108 valence electrons. The van der Waals surface area contributed by atoms with Gasteiger partial charge in [0.25, 0.3) is 0 Å². The molecule has 5 heteroatoms. The Hall–Kier alpha value is -0.450. The van der Waals surface area contributed by atoms with Gasteiger partial charge in [-0.3, -0.25) is 0 Å². The van der Waals surface area contributed by atoms with Gasteiger partial charge in [0.15, 0.2) is 11.5 Å². The van der Waals surface area contributed by atoms with Crippen LogP contribution in [-0.2, 0) is 6.54 Å². The summed E-state index contributed by atoms with van der Waals surface area (Å²) < 4.78 is 12.2. The molecule has 1 aromatic rings. The maximum absolute atomic E-state index is 5.65. The maximum Gasteiger partial charge on any atom is 0.175 e. The van der Waals surface area contributed by atoms with Gasteiger partial charge in [0.1, 0.15) is 0 Å². The van der Waals surface area contributed by atoms with E-state index in [1.165, 1.54) is 18.4 Å². The summed E-state index contributed by atoms with van der Waals surface area (Å²) in [6.07, 6.45) is 2.60. The van der Waals surface area contributed by atoms with E-state index >= 15 is 0 Å². The SMILES string of the molecule is CCOc1cc(CNC2CC2)cc(Br)c1OCC.Cl. The molecule has 0 amide bonds. The number of hydrogen-bond donors (Lipinski definition) is 1. The lowest BCUT2D eigenvalue weighted by Gasteiger charge is -2.14. The van der Waals surface area contributed by atoms with E-state index in [1.807, 2.05) is 13.8 Å². The number of benzene rings is 1. The fraction of sp³-hybridized carbons (Fsp3) is 0.571. The molecule has 0 aromatic heterocycles. The summed E-state index contributed by atoms with van der Waals surface area (Å²) in [5.74, 6) is 1.62. The van der Waals surface area contributed by atoms with Crippen LogP contribution in [0.2, 0.25) is 0 Å². The number of halogens is 2. The first-order valence-corrected chi connectivity index (χ1v) is 7.35. The van der Waals surface area contributed by atoms with Crippen LogP contribution in [0.3, 0.4) is 0 Å². The van der Waals surface area contributed by atoms with Crippen molar-refractivity contribution < 1.29 is 9.47 Å². The van der Waals surface area contributed by atoms with E-state index in [-0.39, 0.29) is 12.4 Å². The zero-order chi connectivity index (χ0) is 13.0. The molecule has 0 heterocycles. The quantitative estimate of drug-likeness (QED) is 0.808. The molecule has 1 aromatic carbocycles. The van der Waals surface area contributed by atoms with Crippen molar-refractivity contribution in [3.05, 3.63) is 22.2 Å². The van der Waals surface area contributed by atoms with Crippen LogP contribution in [0.25, 0.3) is 0 Å². The molecule has 1 saturated carbocycles. The third-order valence-electron chi connectivity index (χ3n) is 2.83. The van der Waals surface area contributed by atoms with E-state index in [2.05, 4.69) is 33.4 Å². The Morgan fingerprint density at radius 3 is 2.47 bits per heavy atom. The standard InChI is InChI=1S/C14H20BrNO2.ClH/c1-3-17-13-8-10(9-16-11-5-6-11)7-12(15)14(13)18-4-2;/h7-8,11,16H,3-6,9H2,1-2H3;1H. The first-order valence-electron chi connectivity index (χ1n) is 6.56. The first-order chi connectivity index (χ1) is 8.74. The molecular formula is C14H21BrClNO2. The summed E-state index contributed by atoms with van der Waals surface area (Å²) >= 11 is 3.56. The van der Waals surface area contributed by atoms with Crippen molar-refractivity contribution in [3.63, 3.8) is 0 Å². The molecule has 1 fully saturated rings. The second-order valence-corrected chi connectivity index (χ2v) is 5.28. The summed E-state index contributed by atoms with van der Waals surface area (Å²) in [6.45, 7) is 6.13. The van der Waals surface area contributed by atoms with E-state index in [1.54, 1.807) is 0 Å². The van der Waals surface area contributed by atoms with Gasteiger partial charge in [0.2, 0.25) is 0 Å². The van der Waals surface area contributed by atoms with Crippen LogP contribution in [0, 0.1) is 0 Å². The number of rotatable bonds is 7. The molecule has 1 N–H and O–H groups in total. The number of hydrogen-bond acceptors (Lipinski definition) is 3. The fourth-order valence-corrected chi connectivity index (χ4v) is 2.42. The van der Waals surface area contributed by atoms with Crippen LogP contribution < -0.4 is 14.8 Å². The highest BCUT2D eigenvalue weighted by atomic mass is 79.9. The zero-order valence-electron chi connectivity index (χ0n) is 11.4. The van der Waals surface area contributed by atoms with E-state index in [0.29, 0.717) is 19.3 Å². The molecule has 0 spiro atoms. The molecule has 2 rings (SSSR count). The summed E-state index contributed by atoms with van der Waals surface area (Å²) in [6, 6.07) is 4.88. The predicted molar refractivity (Wildman–Crippen MR) is 83.6 cm³/mol. The van der Waals surface area contributed by atoms with E-state index in [4.69, 9.17) is 9.47 Å². The third kappa shape index (κ3) is 4.86. The lowest BCUT2D eigenvalue weighted by Crippen LogP contribution is -2.15. The molecule has 0 saturated heterocycles. The zero-order valence-corrected chi connectivity index (χ0v) is 13.8. The monoisotopic (exact) mass is 349 g/mol. The molecule has 0 radical (unpaired) electrons. The summed E-state index contributed by atoms with van der Waals surface area (Å²) in [5, 5.41) is 3.50. The summed E-state index contributed by atoms with van der Waals surface area (Å²) in [4.78, 5) is 0. The molecule has 0 unspecified atom stereocenters. The minimum Gasteiger partial charge on any atom is -0.490 e. The van der Waals surface area contributed by atoms with Gasteiger partial charge in [-0.05, 0) is 60.3 Å². The third-order valence-corrected chi connectivity index (χ3v) is 3.42. The Kier molecular flexibility index (Phi) is 6.97. The fourth-order valence-electron chi connectivity index (χ4n) is 1.82. The van der Waals surface area contributed by atoms with E-state index in [0.717, 1.165) is 22.5 Å². The molecule has 3 nitrogen and oxygen atoms in total. The van der Waals surface area contributed by atoms with Gasteiger partial charge in [-0.1, -0.05) is 0 Å². The van der Waals surface area contributed by atoms with Gasteiger partial charge in [-0.2, -0.15) is 0 Å². The van der Waals surface area contributed by atoms with Crippen molar-refractivity contribution in [1.29, 1.82) is 0 Å². The van der Waals surface area contributed by atoms with Gasteiger partial charge in [-0.15, -0.1) is 12.4 Å². The summed E-state index contributed by atoms with van der Waals surface area (Å²) in [7, 11) is 0.